The molecule has 0 saturated carbocycles. The van der Waals surface area contributed by atoms with Gasteiger partial charge < -0.3 is 5.32 Å². The number of amides is 2. The molecular formula is C24H19N3O2S. The predicted molar refractivity (Wildman–Crippen MR) is 120 cm³/mol. The van der Waals surface area contributed by atoms with Crippen LogP contribution in [0.25, 0.3) is 10.8 Å². The number of rotatable bonds is 4. The fourth-order valence-corrected chi connectivity index (χ4v) is 4.88. The van der Waals surface area contributed by atoms with E-state index in [1.807, 2.05) is 60.7 Å². The third kappa shape index (κ3) is 3.46. The molecule has 5 nitrogen and oxygen atoms in total. The highest BCUT2D eigenvalue weighted by molar-refractivity contribution is 7.16. The second-order valence-corrected chi connectivity index (χ2v) is 8.34. The van der Waals surface area contributed by atoms with Crippen molar-refractivity contribution in [3.8, 4) is 0 Å². The quantitative estimate of drug-likeness (QED) is 0.482. The van der Waals surface area contributed by atoms with Crippen LogP contribution in [-0.2, 0) is 11.2 Å². The first-order valence-electron chi connectivity index (χ1n) is 9.83. The minimum atomic E-state index is -0.308. The number of aromatic nitrogens is 1. The van der Waals surface area contributed by atoms with Crippen molar-refractivity contribution in [1.82, 2.24) is 4.98 Å². The van der Waals surface area contributed by atoms with Gasteiger partial charge in [0.05, 0.1) is 11.6 Å². The number of benzene rings is 3. The molecule has 2 amide bonds. The topological polar surface area (TPSA) is 71.1 Å². The van der Waals surface area contributed by atoms with E-state index in [1.54, 1.807) is 12.1 Å². The predicted octanol–water partition coefficient (Wildman–Crippen LogP) is 5.22. The highest BCUT2D eigenvalue weighted by atomic mass is 32.1. The highest BCUT2D eigenvalue weighted by Gasteiger charge is 2.33. The molecule has 148 valence electrons. The third-order valence-corrected chi connectivity index (χ3v) is 6.38. The van der Waals surface area contributed by atoms with Crippen LogP contribution in [0.1, 0.15) is 33.3 Å². The van der Waals surface area contributed by atoms with E-state index in [-0.39, 0.29) is 17.7 Å². The Balaban J connectivity index is 1.34. The van der Waals surface area contributed by atoms with E-state index < -0.39 is 0 Å². The molecule has 3 aromatic carbocycles. The van der Waals surface area contributed by atoms with E-state index in [4.69, 9.17) is 0 Å². The van der Waals surface area contributed by atoms with Gasteiger partial charge in [-0.15, -0.1) is 11.3 Å². The van der Waals surface area contributed by atoms with Crippen molar-refractivity contribution >= 4 is 44.7 Å². The monoisotopic (exact) mass is 413 g/mol. The zero-order valence-corrected chi connectivity index (χ0v) is 16.9. The van der Waals surface area contributed by atoms with Gasteiger partial charge in [0.1, 0.15) is 0 Å². The van der Waals surface area contributed by atoms with Gasteiger partial charge >= 0.3 is 0 Å². The largest absolute Gasteiger partial charge is 0.325 e. The lowest BCUT2D eigenvalue weighted by Crippen LogP contribution is -2.20. The number of nitrogens with zero attached hydrogens (tertiary/aromatic N) is 1. The Morgan fingerprint density at radius 1 is 0.900 bits per heavy atom. The van der Waals surface area contributed by atoms with Crippen molar-refractivity contribution in [1.29, 1.82) is 0 Å². The van der Waals surface area contributed by atoms with Crippen LogP contribution in [-0.4, -0.2) is 16.8 Å². The maximum atomic E-state index is 13.0. The van der Waals surface area contributed by atoms with Crippen LogP contribution in [0, 0.1) is 0 Å². The Bertz CT molecular complexity index is 1240. The van der Waals surface area contributed by atoms with Crippen LogP contribution in [0.2, 0.25) is 0 Å². The van der Waals surface area contributed by atoms with Gasteiger partial charge in [0, 0.05) is 21.5 Å². The average Bonchev–Trinajstić information content (AvgIpc) is 3.35. The number of nitrogens with one attached hydrogen (secondary N) is 2. The third-order valence-electron chi connectivity index (χ3n) is 5.34. The maximum absolute atomic E-state index is 13.0. The van der Waals surface area contributed by atoms with Gasteiger partial charge in [-0.3, -0.25) is 14.9 Å². The molecule has 0 saturated heterocycles. The lowest BCUT2D eigenvalue weighted by molar-refractivity contribution is -0.117. The maximum Gasteiger partial charge on any atom is 0.257 e. The van der Waals surface area contributed by atoms with Gasteiger partial charge in [0.25, 0.3) is 5.91 Å². The number of aryl methyl sites for hydroxylation is 1. The van der Waals surface area contributed by atoms with Crippen LogP contribution in [0.4, 0.5) is 10.8 Å². The standard InChI is InChI=1S/C24H19N3O2S/c28-22(16-8-2-1-3-9-16)27-24-26-21-18(13-14-20(21)30-24)23(29)25-19-12-6-10-15-7-4-5-11-17(15)19/h1-12,18H,13-14H2,(H,25,29)(H,26,27,28). The summed E-state index contributed by atoms with van der Waals surface area (Å²) in [7, 11) is 0. The molecule has 0 radical (unpaired) electrons. The molecule has 1 atom stereocenters. The molecule has 5 rings (SSSR count). The summed E-state index contributed by atoms with van der Waals surface area (Å²) in [6.45, 7) is 0. The molecule has 6 heteroatoms. The molecule has 1 aliphatic carbocycles. The van der Waals surface area contributed by atoms with E-state index >= 15 is 0 Å². The normalized spacial score (nSPS) is 15.0. The van der Waals surface area contributed by atoms with Crippen LogP contribution >= 0.6 is 11.3 Å². The minimum Gasteiger partial charge on any atom is -0.325 e. The summed E-state index contributed by atoms with van der Waals surface area (Å²) in [5.41, 5.74) is 2.17. The molecule has 0 spiro atoms. The SMILES string of the molecule is O=C(Nc1nc2c(s1)CCC2C(=O)Nc1cccc2ccccc12)c1ccccc1. The van der Waals surface area contributed by atoms with Gasteiger partial charge in [0.2, 0.25) is 5.91 Å². The van der Waals surface area contributed by atoms with Gasteiger partial charge in [0.15, 0.2) is 5.13 Å². The van der Waals surface area contributed by atoms with E-state index in [0.29, 0.717) is 10.7 Å². The van der Waals surface area contributed by atoms with Crippen LogP contribution in [0.5, 0.6) is 0 Å². The summed E-state index contributed by atoms with van der Waals surface area (Å²) in [6, 6.07) is 22.9. The van der Waals surface area contributed by atoms with Crippen LogP contribution in [0.15, 0.2) is 72.8 Å². The zero-order chi connectivity index (χ0) is 20.5. The van der Waals surface area contributed by atoms with Crippen molar-refractivity contribution in [2.75, 3.05) is 10.6 Å². The Morgan fingerprint density at radius 2 is 1.67 bits per heavy atom. The van der Waals surface area contributed by atoms with Gasteiger partial charge in [-0.25, -0.2) is 4.98 Å². The molecule has 30 heavy (non-hydrogen) atoms. The van der Waals surface area contributed by atoms with Crippen LogP contribution < -0.4 is 10.6 Å². The minimum absolute atomic E-state index is 0.0589. The van der Waals surface area contributed by atoms with E-state index in [0.717, 1.165) is 39.9 Å². The lowest BCUT2D eigenvalue weighted by Gasteiger charge is -2.13. The molecule has 0 aliphatic heterocycles. The Morgan fingerprint density at radius 3 is 2.53 bits per heavy atom. The smallest absolute Gasteiger partial charge is 0.257 e. The van der Waals surface area contributed by atoms with Gasteiger partial charge in [-0.2, -0.15) is 0 Å². The number of hydrogen-bond donors (Lipinski definition) is 2. The number of carbonyl (C=O) groups is 2. The summed E-state index contributed by atoms with van der Waals surface area (Å²) in [6.07, 6.45) is 1.53. The van der Waals surface area contributed by atoms with Crippen molar-refractivity contribution in [2.45, 2.75) is 18.8 Å². The average molecular weight is 414 g/mol. The number of anilines is 2. The molecule has 0 bridgehead atoms. The summed E-state index contributed by atoms with van der Waals surface area (Å²) in [5.74, 6) is -0.561. The van der Waals surface area contributed by atoms with E-state index in [2.05, 4.69) is 15.6 Å². The van der Waals surface area contributed by atoms with Crippen molar-refractivity contribution in [2.24, 2.45) is 0 Å². The second-order valence-electron chi connectivity index (χ2n) is 7.25. The molecule has 1 aliphatic rings. The first-order valence-corrected chi connectivity index (χ1v) is 10.7. The first-order chi connectivity index (χ1) is 14.7. The van der Waals surface area contributed by atoms with E-state index in [9.17, 15) is 9.59 Å². The van der Waals surface area contributed by atoms with Gasteiger partial charge in [-0.1, -0.05) is 54.6 Å². The van der Waals surface area contributed by atoms with Crippen LogP contribution in [0.3, 0.4) is 0 Å². The van der Waals surface area contributed by atoms with Crippen molar-refractivity contribution < 1.29 is 9.59 Å². The molecule has 0 fully saturated rings. The summed E-state index contributed by atoms with van der Waals surface area (Å²) < 4.78 is 0. The molecule has 2 N–H and O–H groups in total. The van der Waals surface area contributed by atoms with Gasteiger partial charge in [-0.05, 0) is 36.4 Å². The summed E-state index contributed by atoms with van der Waals surface area (Å²) in [4.78, 5) is 31.1. The molecule has 1 aromatic heterocycles. The molecule has 4 aromatic rings. The zero-order valence-electron chi connectivity index (χ0n) is 16.1. The number of thiazole rings is 1. The number of hydrogen-bond acceptors (Lipinski definition) is 4. The summed E-state index contributed by atoms with van der Waals surface area (Å²) in [5, 5.41) is 8.58. The van der Waals surface area contributed by atoms with E-state index in [1.165, 1.54) is 11.3 Å². The number of fused-ring (bicyclic) bond motifs is 2. The highest BCUT2D eigenvalue weighted by Crippen LogP contribution is 2.39. The second kappa shape index (κ2) is 7.72. The molecule has 1 heterocycles. The Labute approximate surface area is 177 Å². The Hall–Kier alpha value is -3.51. The molecular weight excluding hydrogens is 394 g/mol. The number of carbonyl (C=O) groups excluding carboxylic acids is 2. The first kappa shape index (κ1) is 18.5. The fraction of sp³-hybridized carbons (Fsp3) is 0.125. The summed E-state index contributed by atoms with van der Waals surface area (Å²) >= 11 is 1.45. The lowest BCUT2D eigenvalue weighted by atomic mass is 10.1. The van der Waals surface area contributed by atoms with Crippen molar-refractivity contribution in [3.63, 3.8) is 0 Å². The Kier molecular flexibility index (Phi) is 4.77. The molecule has 1 unspecified atom stereocenters. The van der Waals surface area contributed by atoms with Crippen molar-refractivity contribution in [3.05, 3.63) is 88.9 Å². The fourth-order valence-electron chi connectivity index (χ4n) is 3.85.